The lowest BCUT2D eigenvalue weighted by Crippen LogP contribution is -1.85. The Morgan fingerprint density at radius 2 is 1.00 bits per heavy atom. The average molecular weight is 397 g/mol. The molecule has 0 amide bonds. The first-order valence-electron chi connectivity index (χ1n) is 10.4. The molecule has 5 aromatic rings. The molecule has 0 radical (unpaired) electrons. The number of rotatable bonds is 1. The molecular weight excluding hydrogens is 368 g/mol. The van der Waals surface area contributed by atoms with Crippen LogP contribution in [-0.2, 0) is 0 Å². The minimum Gasteiger partial charge on any atom is -0.507 e. The van der Waals surface area contributed by atoms with E-state index in [1.165, 1.54) is 16.3 Å². The first-order chi connectivity index (χ1) is 14.6. The molecule has 152 valence electrons. The van der Waals surface area contributed by atoms with Gasteiger partial charge in [-0.25, -0.2) is 0 Å². The highest BCUT2D eigenvalue weighted by atomic mass is 16.3. The molecule has 1 heterocycles. The lowest BCUT2D eigenvalue weighted by atomic mass is 9.98. The first kappa shape index (κ1) is 21.2. The van der Waals surface area contributed by atoms with Crippen LogP contribution in [0.15, 0.2) is 95.4 Å². The monoisotopic (exact) mass is 396 g/mol. The van der Waals surface area contributed by atoms with Gasteiger partial charge in [0, 0.05) is 16.3 Å². The van der Waals surface area contributed by atoms with Gasteiger partial charge in [-0.3, -0.25) is 0 Å². The molecule has 4 aromatic carbocycles. The number of furan rings is 1. The highest BCUT2D eigenvalue weighted by Crippen LogP contribution is 2.33. The predicted octanol–water partition coefficient (Wildman–Crippen LogP) is 8.29. The highest BCUT2D eigenvalue weighted by molar-refractivity contribution is 6.04. The van der Waals surface area contributed by atoms with E-state index in [2.05, 4.69) is 25.1 Å². The summed E-state index contributed by atoms with van der Waals surface area (Å²) in [4.78, 5) is 0. The number of hydrogen-bond acceptors (Lipinski definition) is 2. The maximum Gasteiger partial charge on any atom is 0.135 e. The fourth-order valence-corrected chi connectivity index (χ4v) is 3.43. The summed E-state index contributed by atoms with van der Waals surface area (Å²) in [6.07, 6.45) is 0. The summed E-state index contributed by atoms with van der Waals surface area (Å²) in [5.74, 6) is 0.381. The summed E-state index contributed by atoms with van der Waals surface area (Å²) in [6.45, 7) is 7.97. The van der Waals surface area contributed by atoms with E-state index in [0.29, 0.717) is 5.75 Å². The summed E-state index contributed by atoms with van der Waals surface area (Å²) in [5.41, 5.74) is 6.02. The standard InChI is InChI=1S/C14H14O.C12H8O.C2H6/c1-10-6-3-4-8-12(10)13-9-5-7-11(2)14(13)15;1-3-7-11-9(5-1)10-6-2-4-8-12(10)13-11;1-2/h3-9,15H,1-2H3;1-8H;1-2H3. The lowest BCUT2D eigenvalue weighted by molar-refractivity contribution is 0.473. The Balaban J connectivity index is 0.000000159. The van der Waals surface area contributed by atoms with Gasteiger partial charge in [-0.15, -0.1) is 0 Å². The van der Waals surface area contributed by atoms with E-state index < -0.39 is 0 Å². The molecule has 0 atom stereocenters. The van der Waals surface area contributed by atoms with Crippen molar-refractivity contribution in [1.29, 1.82) is 0 Å². The van der Waals surface area contributed by atoms with Gasteiger partial charge in [-0.1, -0.05) is 92.7 Å². The second-order valence-corrected chi connectivity index (χ2v) is 6.88. The van der Waals surface area contributed by atoms with Crippen LogP contribution in [0.25, 0.3) is 33.1 Å². The second kappa shape index (κ2) is 9.80. The van der Waals surface area contributed by atoms with E-state index in [-0.39, 0.29) is 0 Å². The van der Waals surface area contributed by atoms with Crippen molar-refractivity contribution >= 4 is 21.9 Å². The van der Waals surface area contributed by atoms with Crippen LogP contribution in [0, 0.1) is 13.8 Å². The molecule has 1 aromatic heterocycles. The van der Waals surface area contributed by atoms with Crippen molar-refractivity contribution in [2.45, 2.75) is 27.7 Å². The Hall–Kier alpha value is -3.52. The van der Waals surface area contributed by atoms with Crippen molar-refractivity contribution < 1.29 is 9.52 Å². The Morgan fingerprint density at radius 1 is 0.533 bits per heavy atom. The molecule has 2 nitrogen and oxygen atoms in total. The van der Waals surface area contributed by atoms with Gasteiger partial charge in [0.1, 0.15) is 16.9 Å². The maximum atomic E-state index is 9.98. The maximum absolute atomic E-state index is 9.98. The van der Waals surface area contributed by atoms with Crippen LogP contribution in [0.2, 0.25) is 0 Å². The van der Waals surface area contributed by atoms with Crippen molar-refractivity contribution in [3.63, 3.8) is 0 Å². The molecule has 0 aliphatic rings. The third kappa shape index (κ3) is 4.38. The van der Waals surface area contributed by atoms with Crippen molar-refractivity contribution in [3.05, 3.63) is 102 Å². The number of phenols is 1. The zero-order chi connectivity index (χ0) is 21.5. The van der Waals surface area contributed by atoms with Gasteiger partial charge < -0.3 is 9.52 Å². The minimum absolute atomic E-state index is 0.381. The van der Waals surface area contributed by atoms with Crippen molar-refractivity contribution in [2.75, 3.05) is 0 Å². The molecule has 1 N–H and O–H groups in total. The van der Waals surface area contributed by atoms with Crippen LogP contribution in [-0.4, -0.2) is 5.11 Å². The smallest absolute Gasteiger partial charge is 0.135 e. The van der Waals surface area contributed by atoms with E-state index in [1.54, 1.807) is 0 Å². The second-order valence-electron chi connectivity index (χ2n) is 6.88. The zero-order valence-corrected chi connectivity index (χ0v) is 18.0. The van der Waals surface area contributed by atoms with Gasteiger partial charge in [0.05, 0.1) is 0 Å². The van der Waals surface area contributed by atoms with Gasteiger partial charge in [0.15, 0.2) is 0 Å². The third-order valence-electron chi connectivity index (χ3n) is 4.96. The largest absolute Gasteiger partial charge is 0.507 e. The third-order valence-corrected chi connectivity index (χ3v) is 4.96. The Morgan fingerprint density at radius 3 is 1.60 bits per heavy atom. The number of benzene rings is 4. The fraction of sp³-hybridized carbons (Fsp3) is 0.143. The molecule has 5 rings (SSSR count). The van der Waals surface area contributed by atoms with Gasteiger partial charge in [-0.05, 0) is 42.7 Å². The van der Waals surface area contributed by atoms with Gasteiger partial charge in [0.2, 0.25) is 0 Å². The Kier molecular flexibility index (Phi) is 6.92. The summed E-state index contributed by atoms with van der Waals surface area (Å²) in [7, 11) is 0. The summed E-state index contributed by atoms with van der Waals surface area (Å²) < 4.78 is 5.65. The summed E-state index contributed by atoms with van der Waals surface area (Å²) >= 11 is 0. The molecular formula is C28H28O2. The zero-order valence-electron chi connectivity index (χ0n) is 18.0. The number of fused-ring (bicyclic) bond motifs is 3. The summed E-state index contributed by atoms with van der Waals surface area (Å²) in [6, 6.07) is 30.1. The Bertz CT molecular complexity index is 1200. The molecule has 0 unspecified atom stereocenters. The van der Waals surface area contributed by atoms with E-state index in [0.717, 1.165) is 27.9 Å². The lowest BCUT2D eigenvalue weighted by Gasteiger charge is -2.09. The Labute approximate surface area is 178 Å². The first-order valence-corrected chi connectivity index (χ1v) is 10.4. The van der Waals surface area contributed by atoms with E-state index in [9.17, 15) is 5.11 Å². The van der Waals surface area contributed by atoms with Crippen molar-refractivity contribution in [2.24, 2.45) is 0 Å². The topological polar surface area (TPSA) is 33.4 Å². The molecule has 0 fully saturated rings. The van der Waals surface area contributed by atoms with E-state index in [4.69, 9.17) is 4.42 Å². The van der Waals surface area contributed by atoms with Crippen molar-refractivity contribution in [3.8, 4) is 16.9 Å². The normalized spacial score (nSPS) is 10.1. The number of aryl methyl sites for hydroxylation is 2. The van der Waals surface area contributed by atoms with Crippen LogP contribution < -0.4 is 0 Å². The van der Waals surface area contributed by atoms with Gasteiger partial charge in [-0.2, -0.15) is 0 Å². The van der Waals surface area contributed by atoms with Gasteiger partial charge in [0.25, 0.3) is 0 Å². The van der Waals surface area contributed by atoms with Gasteiger partial charge >= 0.3 is 0 Å². The van der Waals surface area contributed by atoms with Crippen LogP contribution in [0.4, 0.5) is 0 Å². The predicted molar refractivity (Wildman–Crippen MR) is 128 cm³/mol. The number of aromatic hydroxyl groups is 1. The molecule has 0 saturated heterocycles. The molecule has 0 aliphatic heterocycles. The van der Waals surface area contributed by atoms with Crippen molar-refractivity contribution in [1.82, 2.24) is 0 Å². The summed E-state index contributed by atoms with van der Waals surface area (Å²) in [5, 5.41) is 12.4. The SMILES string of the molecule is CC.Cc1ccccc1-c1cccc(C)c1O.c1ccc2c(c1)oc1ccccc12. The fourth-order valence-electron chi connectivity index (χ4n) is 3.43. The molecule has 0 bridgehead atoms. The average Bonchev–Trinajstić information content (AvgIpc) is 3.17. The molecule has 2 heteroatoms. The van der Waals surface area contributed by atoms with Crippen LogP contribution in [0.1, 0.15) is 25.0 Å². The van der Waals surface area contributed by atoms with Crippen LogP contribution >= 0.6 is 0 Å². The molecule has 0 aliphatic carbocycles. The van der Waals surface area contributed by atoms with Crippen LogP contribution in [0.5, 0.6) is 5.75 Å². The van der Waals surface area contributed by atoms with E-state index in [1.807, 2.05) is 93.6 Å². The van der Waals surface area contributed by atoms with Crippen LogP contribution in [0.3, 0.4) is 0 Å². The minimum atomic E-state index is 0.381. The van der Waals surface area contributed by atoms with E-state index >= 15 is 0 Å². The molecule has 0 saturated carbocycles. The highest BCUT2D eigenvalue weighted by Gasteiger charge is 2.07. The molecule has 30 heavy (non-hydrogen) atoms. The quantitative estimate of drug-likeness (QED) is 0.309. The number of hydrogen-bond donors (Lipinski definition) is 1. The number of para-hydroxylation sites is 3. The number of phenolic OH excluding ortho intramolecular Hbond substituents is 1. The molecule has 0 spiro atoms.